The summed E-state index contributed by atoms with van der Waals surface area (Å²) in [6, 6.07) is 62.5. The molecule has 57 heavy (non-hydrogen) atoms. The maximum atomic E-state index is 6.85. The molecule has 0 atom stereocenters. The highest BCUT2D eigenvalue weighted by molar-refractivity contribution is 6.18. The Morgan fingerprint density at radius 1 is 0.351 bits per heavy atom. The van der Waals surface area contributed by atoms with Crippen LogP contribution in [0.5, 0.6) is 0 Å². The number of furan rings is 2. The van der Waals surface area contributed by atoms with Crippen molar-refractivity contribution < 1.29 is 8.83 Å². The molecule has 12 aromatic rings. The molecule has 12 rings (SSSR count). The van der Waals surface area contributed by atoms with Gasteiger partial charge in [0.15, 0.2) is 17.5 Å². The number of benzene rings is 8. The fourth-order valence-electron chi connectivity index (χ4n) is 8.51. The Morgan fingerprint density at radius 3 is 1.53 bits per heavy atom. The third-order valence-corrected chi connectivity index (χ3v) is 11.1. The van der Waals surface area contributed by atoms with Crippen molar-refractivity contribution in [1.82, 2.24) is 19.5 Å². The molecular weight excluding hydrogens is 701 g/mol. The zero-order valence-corrected chi connectivity index (χ0v) is 30.4. The van der Waals surface area contributed by atoms with Gasteiger partial charge in [0.25, 0.3) is 0 Å². The molecule has 0 aliphatic heterocycles. The minimum absolute atomic E-state index is 0.583. The molecule has 0 radical (unpaired) electrons. The van der Waals surface area contributed by atoms with E-state index in [1.54, 1.807) is 0 Å². The molecule has 0 fully saturated rings. The number of rotatable bonds is 5. The van der Waals surface area contributed by atoms with Gasteiger partial charge >= 0.3 is 0 Å². The predicted molar refractivity (Wildman–Crippen MR) is 230 cm³/mol. The molecule has 0 unspecified atom stereocenters. The summed E-state index contributed by atoms with van der Waals surface area (Å²) in [6.45, 7) is 0. The number of aromatic nitrogens is 4. The largest absolute Gasteiger partial charge is 0.455 e. The molecule has 0 spiro atoms. The SMILES string of the molecule is c1ccc(-c2nc(-c3ccccc3)nc(-c3cccc4oc5c(-c6cccc7c6oc6cc(-n8c9ccccc9c9ccccc98)ccc67)cccc5c34)n2)cc1. The Morgan fingerprint density at radius 2 is 0.860 bits per heavy atom. The van der Waals surface area contributed by atoms with Crippen molar-refractivity contribution >= 4 is 65.7 Å². The maximum Gasteiger partial charge on any atom is 0.164 e. The van der Waals surface area contributed by atoms with Crippen LogP contribution in [-0.4, -0.2) is 19.5 Å². The molecule has 0 aliphatic rings. The van der Waals surface area contributed by atoms with Gasteiger partial charge in [-0.15, -0.1) is 0 Å². The lowest BCUT2D eigenvalue weighted by Gasteiger charge is -2.09. The van der Waals surface area contributed by atoms with Crippen LogP contribution in [0, 0.1) is 0 Å². The Balaban J connectivity index is 1.04. The molecule has 6 heteroatoms. The van der Waals surface area contributed by atoms with Crippen molar-refractivity contribution in [1.29, 1.82) is 0 Å². The smallest absolute Gasteiger partial charge is 0.164 e. The maximum absolute atomic E-state index is 6.85. The first kappa shape index (κ1) is 31.5. The van der Waals surface area contributed by atoms with Crippen molar-refractivity contribution in [3.63, 3.8) is 0 Å². The molecule has 4 heterocycles. The zero-order chi connectivity index (χ0) is 37.5. The molecule has 8 aromatic carbocycles. The van der Waals surface area contributed by atoms with Gasteiger partial charge in [0.1, 0.15) is 22.3 Å². The van der Waals surface area contributed by atoms with E-state index >= 15 is 0 Å². The van der Waals surface area contributed by atoms with E-state index in [1.165, 1.54) is 10.8 Å². The molecular formula is C51H30N4O2. The van der Waals surface area contributed by atoms with E-state index in [4.69, 9.17) is 23.8 Å². The number of para-hydroxylation sites is 4. The lowest BCUT2D eigenvalue weighted by Crippen LogP contribution is -2.00. The van der Waals surface area contributed by atoms with Gasteiger partial charge in [-0.25, -0.2) is 15.0 Å². The van der Waals surface area contributed by atoms with Crippen LogP contribution in [0.1, 0.15) is 0 Å². The van der Waals surface area contributed by atoms with Crippen LogP contribution in [0.15, 0.2) is 191 Å². The summed E-state index contributed by atoms with van der Waals surface area (Å²) < 4.78 is 16.0. The van der Waals surface area contributed by atoms with E-state index in [2.05, 4.69) is 114 Å². The standard InChI is InChI=1S/C51H30N4O2/c1-3-14-31(15-4-1)49-52-50(32-16-5-2-6-17-32)54-51(53-49)41-24-13-27-44-46(41)40-23-12-22-39(48(40)56-44)38-21-11-20-37-36-29-28-33(30-45(36)57-47(37)38)55-42-25-9-7-18-34(42)35-19-8-10-26-43(35)55/h1-30H. The molecule has 4 aromatic heterocycles. The zero-order valence-electron chi connectivity index (χ0n) is 30.4. The van der Waals surface area contributed by atoms with E-state index < -0.39 is 0 Å². The Kier molecular flexibility index (Phi) is 6.83. The van der Waals surface area contributed by atoms with Crippen LogP contribution in [0.25, 0.3) is 117 Å². The summed E-state index contributed by atoms with van der Waals surface area (Å²) in [7, 11) is 0. The van der Waals surface area contributed by atoms with Crippen molar-refractivity contribution in [2.75, 3.05) is 0 Å². The summed E-state index contributed by atoms with van der Waals surface area (Å²) in [6.07, 6.45) is 0. The third-order valence-electron chi connectivity index (χ3n) is 11.1. The number of hydrogen-bond donors (Lipinski definition) is 0. The average Bonchev–Trinajstić information content (AvgIpc) is 3.96. The highest BCUT2D eigenvalue weighted by Gasteiger charge is 2.22. The van der Waals surface area contributed by atoms with Crippen molar-refractivity contribution in [2.45, 2.75) is 0 Å². The highest BCUT2D eigenvalue weighted by atomic mass is 16.3. The van der Waals surface area contributed by atoms with E-state index in [0.29, 0.717) is 17.5 Å². The van der Waals surface area contributed by atoms with E-state index in [9.17, 15) is 0 Å². The molecule has 0 saturated heterocycles. The normalized spacial score (nSPS) is 11.9. The van der Waals surface area contributed by atoms with Crippen LogP contribution in [-0.2, 0) is 0 Å². The van der Waals surface area contributed by atoms with E-state index in [-0.39, 0.29) is 0 Å². The first-order valence-electron chi connectivity index (χ1n) is 19.0. The number of fused-ring (bicyclic) bond motifs is 9. The van der Waals surface area contributed by atoms with E-state index in [0.717, 1.165) is 88.4 Å². The van der Waals surface area contributed by atoms with Gasteiger partial charge in [-0.2, -0.15) is 0 Å². The van der Waals surface area contributed by atoms with Gasteiger partial charge in [0, 0.05) is 71.9 Å². The second kappa shape index (κ2) is 12.3. The first-order chi connectivity index (χ1) is 28.3. The van der Waals surface area contributed by atoms with Gasteiger partial charge in [-0.3, -0.25) is 0 Å². The van der Waals surface area contributed by atoms with Crippen molar-refractivity contribution in [2.24, 2.45) is 0 Å². The summed E-state index contributed by atoms with van der Waals surface area (Å²) >= 11 is 0. The van der Waals surface area contributed by atoms with E-state index in [1.807, 2.05) is 72.8 Å². The van der Waals surface area contributed by atoms with Gasteiger partial charge < -0.3 is 13.4 Å². The van der Waals surface area contributed by atoms with Gasteiger partial charge in [0.05, 0.1) is 11.0 Å². The van der Waals surface area contributed by atoms with Gasteiger partial charge in [-0.05, 0) is 30.3 Å². The molecule has 266 valence electrons. The average molecular weight is 731 g/mol. The monoisotopic (exact) mass is 730 g/mol. The van der Waals surface area contributed by atoms with Crippen LogP contribution in [0.3, 0.4) is 0 Å². The van der Waals surface area contributed by atoms with Crippen LogP contribution < -0.4 is 0 Å². The van der Waals surface area contributed by atoms with Crippen LogP contribution in [0.4, 0.5) is 0 Å². The summed E-state index contributed by atoms with van der Waals surface area (Å²) in [5.74, 6) is 1.81. The quantitative estimate of drug-likeness (QED) is 0.176. The molecule has 0 aliphatic carbocycles. The first-order valence-corrected chi connectivity index (χ1v) is 19.0. The Labute approximate surface area is 325 Å². The second-order valence-corrected chi connectivity index (χ2v) is 14.3. The summed E-state index contributed by atoms with van der Waals surface area (Å²) in [5, 5.41) is 6.50. The molecule has 0 saturated carbocycles. The Bertz CT molecular complexity index is 3410. The lowest BCUT2D eigenvalue weighted by atomic mass is 9.98. The minimum atomic E-state index is 0.583. The Hall–Kier alpha value is -7.83. The minimum Gasteiger partial charge on any atom is -0.455 e. The number of hydrogen-bond acceptors (Lipinski definition) is 5. The topological polar surface area (TPSA) is 69.9 Å². The van der Waals surface area contributed by atoms with Crippen LogP contribution in [0.2, 0.25) is 0 Å². The van der Waals surface area contributed by atoms with Crippen molar-refractivity contribution in [3.8, 4) is 51.0 Å². The van der Waals surface area contributed by atoms with Crippen molar-refractivity contribution in [3.05, 3.63) is 182 Å². The van der Waals surface area contributed by atoms with Gasteiger partial charge in [0.2, 0.25) is 0 Å². The summed E-state index contributed by atoms with van der Waals surface area (Å²) in [5.41, 5.74) is 11.2. The predicted octanol–water partition coefficient (Wildman–Crippen LogP) is 13.4. The lowest BCUT2D eigenvalue weighted by molar-refractivity contribution is 0.665. The number of nitrogens with zero attached hydrogens (tertiary/aromatic N) is 4. The third kappa shape index (κ3) is 4.87. The van der Waals surface area contributed by atoms with Gasteiger partial charge in [-0.1, -0.05) is 146 Å². The molecule has 0 amide bonds. The molecule has 6 nitrogen and oxygen atoms in total. The fourth-order valence-corrected chi connectivity index (χ4v) is 8.51. The van der Waals surface area contributed by atoms with Crippen LogP contribution >= 0.6 is 0 Å². The second-order valence-electron chi connectivity index (χ2n) is 14.3. The molecule has 0 N–H and O–H groups in total. The summed E-state index contributed by atoms with van der Waals surface area (Å²) in [4.78, 5) is 15.0. The fraction of sp³-hybridized carbons (Fsp3) is 0. The molecule has 0 bridgehead atoms. The highest BCUT2D eigenvalue weighted by Crippen LogP contribution is 2.44.